The third-order valence-electron chi connectivity index (χ3n) is 4.45. The number of aromatic amines is 2. The standard InChI is InChI=1S/C20H17N3O5/c1-27-14-4-5-15-12(9-14)8-11(19(25)22-15)2-7-18(24)21-13-3-6-17-16(10-13)23-20(26)28-17/h3-6,8-10H,2,7H2,1H3,(H,21,24)(H,22,25)(H,23,26). The van der Waals surface area contributed by atoms with Gasteiger partial charge in [-0.15, -0.1) is 0 Å². The molecule has 0 aliphatic rings. The SMILES string of the molecule is COc1ccc2[nH]c(=O)c(CCC(=O)Nc3ccc4oc(=O)[nH]c4c3)cc2c1. The Morgan fingerprint density at radius 3 is 2.75 bits per heavy atom. The fraction of sp³-hybridized carbons (Fsp3) is 0.150. The molecule has 0 aliphatic heterocycles. The van der Waals surface area contributed by atoms with Gasteiger partial charge in [0, 0.05) is 28.6 Å². The van der Waals surface area contributed by atoms with Gasteiger partial charge < -0.3 is 19.5 Å². The van der Waals surface area contributed by atoms with Crippen molar-refractivity contribution in [3.63, 3.8) is 0 Å². The van der Waals surface area contributed by atoms with Crippen molar-refractivity contribution in [2.75, 3.05) is 12.4 Å². The van der Waals surface area contributed by atoms with Crippen LogP contribution in [0.1, 0.15) is 12.0 Å². The number of hydrogen-bond acceptors (Lipinski definition) is 5. The monoisotopic (exact) mass is 379 g/mol. The maximum Gasteiger partial charge on any atom is 0.417 e. The highest BCUT2D eigenvalue weighted by molar-refractivity contribution is 5.93. The number of benzene rings is 2. The quantitative estimate of drug-likeness (QED) is 0.493. The van der Waals surface area contributed by atoms with Crippen molar-refractivity contribution in [1.82, 2.24) is 9.97 Å². The highest BCUT2D eigenvalue weighted by Gasteiger charge is 2.09. The molecule has 28 heavy (non-hydrogen) atoms. The molecule has 2 aromatic heterocycles. The van der Waals surface area contributed by atoms with Gasteiger partial charge >= 0.3 is 5.76 Å². The Kier molecular flexibility index (Phi) is 4.44. The summed E-state index contributed by atoms with van der Waals surface area (Å²) in [4.78, 5) is 41.1. The normalized spacial score (nSPS) is 11.0. The molecule has 0 saturated heterocycles. The van der Waals surface area contributed by atoms with Gasteiger partial charge in [0.1, 0.15) is 5.75 Å². The number of ether oxygens (including phenoxy) is 1. The minimum atomic E-state index is -0.550. The lowest BCUT2D eigenvalue weighted by atomic mass is 10.1. The molecule has 8 heteroatoms. The van der Waals surface area contributed by atoms with Gasteiger partial charge in [-0.1, -0.05) is 0 Å². The first-order valence-electron chi connectivity index (χ1n) is 8.64. The number of H-pyrrole nitrogens is 2. The summed E-state index contributed by atoms with van der Waals surface area (Å²) < 4.78 is 10.1. The number of carbonyl (C=O) groups is 1. The van der Waals surface area contributed by atoms with Gasteiger partial charge in [-0.2, -0.15) is 0 Å². The van der Waals surface area contributed by atoms with Crippen LogP contribution in [0.4, 0.5) is 5.69 Å². The lowest BCUT2D eigenvalue weighted by Crippen LogP contribution is -2.17. The minimum absolute atomic E-state index is 0.137. The fourth-order valence-corrected chi connectivity index (χ4v) is 3.04. The zero-order valence-electron chi connectivity index (χ0n) is 15.0. The molecule has 0 unspecified atom stereocenters. The van der Waals surface area contributed by atoms with Crippen LogP contribution in [0.15, 0.2) is 56.5 Å². The maximum atomic E-state index is 12.3. The van der Waals surface area contributed by atoms with Crippen molar-refractivity contribution >= 4 is 33.6 Å². The summed E-state index contributed by atoms with van der Waals surface area (Å²) in [5.41, 5.74) is 2.46. The summed E-state index contributed by atoms with van der Waals surface area (Å²) in [6.45, 7) is 0. The van der Waals surface area contributed by atoms with Crippen LogP contribution < -0.4 is 21.4 Å². The summed E-state index contributed by atoms with van der Waals surface area (Å²) in [7, 11) is 1.58. The van der Waals surface area contributed by atoms with E-state index in [4.69, 9.17) is 9.15 Å². The average molecular weight is 379 g/mol. The van der Waals surface area contributed by atoms with E-state index >= 15 is 0 Å². The molecule has 2 aromatic carbocycles. The van der Waals surface area contributed by atoms with E-state index in [1.807, 2.05) is 6.07 Å². The summed E-state index contributed by atoms with van der Waals surface area (Å²) in [5.74, 6) is -0.100. The van der Waals surface area contributed by atoms with Gasteiger partial charge in [0.25, 0.3) is 5.56 Å². The molecule has 4 aromatic rings. The smallest absolute Gasteiger partial charge is 0.417 e. The molecule has 0 atom stereocenters. The predicted octanol–water partition coefficient (Wildman–Crippen LogP) is 2.54. The zero-order chi connectivity index (χ0) is 19.7. The number of carbonyl (C=O) groups excluding carboxylic acids is 1. The molecule has 0 spiro atoms. The highest BCUT2D eigenvalue weighted by atomic mass is 16.5. The number of aryl methyl sites for hydroxylation is 1. The molecule has 8 nitrogen and oxygen atoms in total. The molecule has 2 heterocycles. The molecule has 4 rings (SSSR count). The van der Waals surface area contributed by atoms with Gasteiger partial charge in [-0.25, -0.2) is 4.79 Å². The summed E-state index contributed by atoms with van der Waals surface area (Å²) in [6.07, 6.45) is 0.428. The summed E-state index contributed by atoms with van der Waals surface area (Å²) >= 11 is 0. The predicted molar refractivity (Wildman–Crippen MR) is 105 cm³/mol. The second kappa shape index (κ2) is 7.07. The molecule has 0 fully saturated rings. The van der Waals surface area contributed by atoms with Crippen LogP contribution in [0.5, 0.6) is 5.75 Å². The molecule has 0 aliphatic carbocycles. The van der Waals surface area contributed by atoms with E-state index in [1.165, 1.54) is 0 Å². The lowest BCUT2D eigenvalue weighted by molar-refractivity contribution is -0.116. The number of rotatable bonds is 5. The number of methoxy groups -OCH3 is 1. The van der Waals surface area contributed by atoms with Crippen molar-refractivity contribution in [3.8, 4) is 5.75 Å². The topological polar surface area (TPSA) is 117 Å². The number of nitrogens with one attached hydrogen (secondary N) is 3. The average Bonchev–Trinajstić information content (AvgIpc) is 3.05. The number of aromatic nitrogens is 2. The van der Waals surface area contributed by atoms with Gasteiger partial charge in [-0.3, -0.25) is 14.6 Å². The van der Waals surface area contributed by atoms with Gasteiger partial charge in [0.05, 0.1) is 12.6 Å². The maximum absolute atomic E-state index is 12.3. The van der Waals surface area contributed by atoms with E-state index in [9.17, 15) is 14.4 Å². The molecular formula is C20H17N3O5. The van der Waals surface area contributed by atoms with E-state index in [-0.39, 0.29) is 17.9 Å². The van der Waals surface area contributed by atoms with Crippen molar-refractivity contribution in [1.29, 1.82) is 0 Å². The first kappa shape index (κ1) is 17.6. The number of anilines is 1. The van der Waals surface area contributed by atoms with E-state index in [0.717, 1.165) is 5.39 Å². The van der Waals surface area contributed by atoms with E-state index in [2.05, 4.69) is 15.3 Å². The third-order valence-corrected chi connectivity index (χ3v) is 4.45. The number of oxazole rings is 1. The minimum Gasteiger partial charge on any atom is -0.497 e. The van der Waals surface area contributed by atoms with Crippen LogP contribution in [-0.2, 0) is 11.2 Å². The van der Waals surface area contributed by atoms with Crippen LogP contribution in [0.2, 0.25) is 0 Å². The molecular weight excluding hydrogens is 362 g/mol. The summed E-state index contributed by atoms with van der Waals surface area (Å²) in [6, 6.07) is 12.0. The van der Waals surface area contributed by atoms with Crippen LogP contribution in [0, 0.1) is 0 Å². The Morgan fingerprint density at radius 1 is 1.07 bits per heavy atom. The first-order chi connectivity index (χ1) is 13.5. The first-order valence-corrected chi connectivity index (χ1v) is 8.64. The second-order valence-electron chi connectivity index (χ2n) is 6.35. The lowest BCUT2D eigenvalue weighted by Gasteiger charge is -2.07. The summed E-state index contributed by atoms with van der Waals surface area (Å²) in [5, 5.41) is 3.59. The number of hydrogen-bond donors (Lipinski definition) is 3. The van der Waals surface area contributed by atoms with Gasteiger partial charge in [0.2, 0.25) is 5.91 Å². The number of amides is 1. The van der Waals surface area contributed by atoms with Crippen LogP contribution in [0.3, 0.4) is 0 Å². The van der Waals surface area contributed by atoms with Crippen molar-refractivity contribution in [2.24, 2.45) is 0 Å². The van der Waals surface area contributed by atoms with Crippen LogP contribution in [0.25, 0.3) is 22.0 Å². The second-order valence-corrected chi connectivity index (χ2v) is 6.35. The van der Waals surface area contributed by atoms with Crippen molar-refractivity contribution in [2.45, 2.75) is 12.8 Å². The zero-order valence-corrected chi connectivity index (χ0v) is 15.0. The highest BCUT2D eigenvalue weighted by Crippen LogP contribution is 2.19. The largest absolute Gasteiger partial charge is 0.497 e. The van der Waals surface area contributed by atoms with Gasteiger partial charge in [-0.05, 0) is 48.9 Å². The Labute approximate surface area is 158 Å². The van der Waals surface area contributed by atoms with Crippen LogP contribution >= 0.6 is 0 Å². The van der Waals surface area contributed by atoms with E-state index < -0.39 is 5.76 Å². The van der Waals surface area contributed by atoms with E-state index in [1.54, 1.807) is 43.5 Å². The Hall–Kier alpha value is -3.81. The number of pyridine rings is 1. The fourth-order valence-electron chi connectivity index (χ4n) is 3.04. The van der Waals surface area contributed by atoms with E-state index in [0.29, 0.717) is 40.0 Å². The number of fused-ring (bicyclic) bond motifs is 2. The molecule has 1 amide bonds. The van der Waals surface area contributed by atoms with Crippen molar-refractivity contribution in [3.05, 3.63) is 68.9 Å². The third kappa shape index (κ3) is 3.52. The Morgan fingerprint density at radius 2 is 1.93 bits per heavy atom. The molecule has 0 radical (unpaired) electrons. The molecule has 0 saturated carbocycles. The molecule has 0 bridgehead atoms. The molecule has 3 N–H and O–H groups in total. The van der Waals surface area contributed by atoms with Crippen molar-refractivity contribution < 1.29 is 13.9 Å². The Balaban J connectivity index is 1.48. The molecule has 142 valence electrons. The Bertz CT molecular complexity index is 1300. The van der Waals surface area contributed by atoms with Gasteiger partial charge in [0.15, 0.2) is 5.58 Å². The van der Waals surface area contributed by atoms with Crippen LogP contribution in [-0.4, -0.2) is 23.0 Å².